The van der Waals surface area contributed by atoms with Crippen molar-refractivity contribution in [2.45, 2.75) is 20.8 Å². The maximum absolute atomic E-state index is 13.2. The first-order valence-corrected chi connectivity index (χ1v) is 13.9. The monoisotopic (exact) mass is 478 g/mol. The highest BCUT2D eigenvalue weighted by Gasteiger charge is 2.47. The molecule has 0 bridgehead atoms. The maximum Gasteiger partial charge on any atom is 0.261 e. The first-order valence-electron chi connectivity index (χ1n) is 12.0. The van der Waals surface area contributed by atoms with Gasteiger partial charge in [0.05, 0.1) is 23.8 Å². The van der Waals surface area contributed by atoms with Crippen LogP contribution < -0.4 is 15.9 Å². The molecular formula is C31H29NO2P+. The summed E-state index contributed by atoms with van der Waals surface area (Å²) in [6.45, 7) is 6.66. The molecule has 0 spiro atoms. The number of amides is 2. The van der Waals surface area contributed by atoms with Gasteiger partial charge in [-0.15, -0.1) is 0 Å². The molecule has 1 aliphatic rings. The molecule has 0 aromatic heterocycles. The molecular weight excluding hydrogens is 449 g/mol. The number of carbonyl (C=O) groups excluding carboxylic acids is 2. The Morgan fingerprint density at radius 1 is 0.543 bits per heavy atom. The Morgan fingerprint density at radius 2 is 0.886 bits per heavy atom. The van der Waals surface area contributed by atoms with Crippen molar-refractivity contribution < 1.29 is 9.59 Å². The third-order valence-corrected chi connectivity index (χ3v) is 11.4. The molecule has 4 aromatic rings. The lowest BCUT2D eigenvalue weighted by molar-refractivity contribution is 0.0664. The second-order valence-electron chi connectivity index (χ2n) is 9.35. The predicted molar refractivity (Wildman–Crippen MR) is 146 cm³/mol. The fourth-order valence-corrected chi connectivity index (χ4v) is 9.07. The van der Waals surface area contributed by atoms with Gasteiger partial charge in [-0.1, -0.05) is 65.2 Å². The Bertz CT molecular complexity index is 1240. The quantitative estimate of drug-likeness (QED) is 0.282. The van der Waals surface area contributed by atoms with E-state index < -0.39 is 7.26 Å². The summed E-state index contributed by atoms with van der Waals surface area (Å²) in [6.07, 6.45) is 0.688. The summed E-state index contributed by atoms with van der Waals surface area (Å²) in [5.74, 6) is -0.388. The predicted octanol–water partition coefficient (Wildman–Crippen LogP) is 5.20. The smallest absolute Gasteiger partial charge is 0.261 e. The molecule has 2 amide bonds. The van der Waals surface area contributed by atoms with Crippen molar-refractivity contribution in [2.75, 3.05) is 12.7 Å². The van der Waals surface area contributed by atoms with Gasteiger partial charge in [-0.25, -0.2) is 0 Å². The Kier molecular flexibility index (Phi) is 6.13. The molecule has 0 atom stereocenters. The van der Waals surface area contributed by atoms with Crippen molar-refractivity contribution in [1.82, 2.24) is 4.90 Å². The topological polar surface area (TPSA) is 37.4 Å². The highest BCUT2D eigenvalue weighted by atomic mass is 31.2. The van der Waals surface area contributed by atoms with Gasteiger partial charge in [-0.05, 0) is 69.3 Å². The second-order valence-corrected chi connectivity index (χ2v) is 13.0. The Morgan fingerprint density at radius 3 is 1.23 bits per heavy atom. The van der Waals surface area contributed by atoms with Crippen LogP contribution in [-0.2, 0) is 0 Å². The van der Waals surface area contributed by atoms with Gasteiger partial charge in [0.2, 0.25) is 0 Å². The van der Waals surface area contributed by atoms with Gasteiger partial charge in [0, 0.05) is 0 Å². The van der Waals surface area contributed by atoms with Crippen LogP contribution in [0.15, 0.2) is 97.1 Å². The van der Waals surface area contributed by atoms with Crippen molar-refractivity contribution in [3.63, 3.8) is 0 Å². The third kappa shape index (κ3) is 4.11. The average Bonchev–Trinajstić information content (AvgIpc) is 3.12. The molecule has 4 heteroatoms. The van der Waals surface area contributed by atoms with Crippen molar-refractivity contribution >= 4 is 35.0 Å². The summed E-state index contributed by atoms with van der Waals surface area (Å²) < 4.78 is 0. The van der Waals surface area contributed by atoms with E-state index in [4.69, 9.17) is 0 Å². The molecule has 35 heavy (non-hydrogen) atoms. The average molecular weight is 479 g/mol. The number of rotatable bonds is 6. The van der Waals surface area contributed by atoms with Crippen LogP contribution in [0.2, 0.25) is 0 Å². The van der Waals surface area contributed by atoms with E-state index in [1.54, 1.807) is 12.1 Å². The first kappa shape index (κ1) is 23.2. The Hall–Kier alpha value is -3.55. The number of hydrogen-bond acceptors (Lipinski definition) is 2. The Balaban J connectivity index is 1.65. The maximum atomic E-state index is 13.2. The van der Waals surface area contributed by atoms with Gasteiger partial charge in [0.1, 0.15) is 23.2 Å². The highest BCUT2D eigenvalue weighted by molar-refractivity contribution is 7.95. The van der Waals surface area contributed by atoms with E-state index in [-0.39, 0.29) is 11.8 Å². The van der Waals surface area contributed by atoms with E-state index in [2.05, 4.69) is 93.6 Å². The van der Waals surface area contributed by atoms with Gasteiger partial charge in [0.15, 0.2) is 0 Å². The van der Waals surface area contributed by atoms with E-state index in [1.807, 2.05) is 12.1 Å². The molecule has 0 saturated heterocycles. The van der Waals surface area contributed by atoms with Crippen LogP contribution in [0.4, 0.5) is 0 Å². The number of imide groups is 1. The van der Waals surface area contributed by atoms with Crippen LogP contribution in [0.5, 0.6) is 0 Å². The molecule has 1 heterocycles. The molecule has 0 radical (unpaired) electrons. The fraction of sp³-hybridized carbons (Fsp3) is 0.161. The third-order valence-electron chi connectivity index (χ3n) is 6.96. The van der Waals surface area contributed by atoms with Crippen molar-refractivity contribution in [3.05, 3.63) is 125 Å². The summed E-state index contributed by atoms with van der Waals surface area (Å²) in [6, 6.07) is 33.5. The number of benzene rings is 4. The zero-order chi connectivity index (χ0) is 24.6. The number of fused-ring (bicyclic) bond motifs is 1. The molecule has 4 aromatic carbocycles. The van der Waals surface area contributed by atoms with Crippen molar-refractivity contribution in [1.29, 1.82) is 0 Å². The van der Waals surface area contributed by atoms with E-state index in [0.29, 0.717) is 23.8 Å². The number of hydrogen-bond donors (Lipinski definition) is 0. The molecule has 1 aliphatic heterocycles. The van der Waals surface area contributed by atoms with Crippen molar-refractivity contribution in [2.24, 2.45) is 0 Å². The van der Waals surface area contributed by atoms with Gasteiger partial charge in [-0.2, -0.15) is 0 Å². The second kappa shape index (κ2) is 9.24. The largest absolute Gasteiger partial charge is 0.271 e. The van der Waals surface area contributed by atoms with Crippen LogP contribution in [-0.4, -0.2) is 29.4 Å². The molecule has 0 saturated carbocycles. The Labute approximate surface area is 207 Å². The zero-order valence-electron chi connectivity index (χ0n) is 20.4. The molecule has 174 valence electrons. The molecule has 0 aliphatic carbocycles. The van der Waals surface area contributed by atoms with E-state index in [0.717, 1.165) is 0 Å². The minimum absolute atomic E-state index is 0.194. The normalized spacial score (nSPS) is 13.3. The van der Waals surface area contributed by atoms with E-state index in [9.17, 15) is 9.59 Å². The lowest BCUT2D eigenvalue weighted by Crippen LogP contribution is -2.40. The van der Waals surface area contributed by atoms with Gasteiger partial charge in [-0.3, -0.25) is 14.5 Å². The minimum Gasteiger partial charge on any atom is -0.271 e. The van der Waals surface area contributed by atoms with Gasteiger partial charge in [0.25, 0.3) is 11.8 Å². The summed E-state index contributed by atoms with van der Waals surface area (Å²) in [5, 5.41) is 3.77. The summed E-state index contributed by atoms with van der Waals surface area (Å²) >= 11 is 0. The first-order chi connectivity index (χ1) is 16.9. The molecule has 0 fully saturated rings. The summed E-state index contributed by atoms with van der Waals surface area (Å²) in [5.41, 5.74) is 4.63. The molecule has 5 rings (SSSR count). The van der Waals surface area contributed by atoms with Crippen LogP contribution in [0.3, 0.4) is 0 Å². The van der Waals surface area contributed by atoms with E-state index in [1.165, 1.54) is 37.5 Å². The fourth-order valence-electron chi connectivity index (χ4n) is 4.92. The van der Waals surface area contributed by atoms with Gasteiger partial charge < -0.3 is 0 Å². The van der Waals surface area contributed by atoms with Crippen molar-refractivity contribution in [3.8, 4) is 0 Å². The van der Waals surface area contributed by atoms with Crippen LogP contribution >= 0.6 is 7.26 Å². The standard InChI is InChI=1S/C31H29NO2P/c1-22-8-14-25(15-9-22)35(26-16-10-23(2)11-17-26,27-18-12-24(3)13-19-27)21-20-32-30(33)28-6-4-5-7-29(28)31(32)34/h4-19H,20-21H2,1-3H3/q+1. The van der Waals surface area contributed by atoms with Crippen LogP contribution in [0, 0.1) is 20.8 Å². The number of nitrogens with zero attached hydrogens (tertiary/aromatic N) is 1. The lowest BCUT2D eigenvalue weighted by atomic mass is 10.1. The molecule has 0 unspecified atom stereocenters. The lowest BCUT2D eigenvalue weighted by Gasteiger charge is -2.29. The SMILES string of the molecule is Cc1ccc([P+](CCN2C(=O)c3ccccc3C2=O)(c2ccc(C)cc2)c2ccc(C)cc2)cc1. The van der Waals surface area contributed by atoms with Crippen LogP contribution in [0.1, 0.15) is 37.4 Å². The number of carbonyl (C=O) groups is 2. The molecule has 3 nitrogen and oxygen atoms in total. The number of aryl methyl sites for hydroxylation is 3. The highest BCUT2D eigenvalue weighted by Crippen LogP contribution is 2.55. The molecule has 0 N–H and O–H groups in total. The zero-order valence-corrected chi connectivity index (χ0v) is 21.3. The summed E-state index contributed by atoms with van der Waals surface area (Å²) in [4.78, 5) is 27.8. The summed E-state index contributed by atoms with van der Waals surface area (Å²) in [7, 11) is -2.16. The minimum atomic E-state index is -2.16. The van der Waals surface area contributed by atoms with E-state index >= 15 is 0 Å². The van der Waals surface area contributed by atoms with Crippen LogP contribution in [0.25, 0.3) is 0 Å². The van der Waals surface area contributed by atoms with Gasteiger partial charge >= 0.3 is 0 Å².